The minimum Gasteiger partial charge on any atom is -0.493 e. The second kappa shape index (κ2) is 4.87. The van der Waals surface area contributed by atoms with Gasteiger partial charge in [0.2, 0.25) is 0 Å². The molecule has 4 nitrogen and oxygen atoms in total. The summed E-state index contributed by atoms with van der Waals surface area (Å²) >= 11 is 0. The molecule has 2 bridgehead atoms. The normalized spacial score (nSPS) is 39.1. The fraction of sp³-hybridized carbons (Fsp3) is 0.611. The smallest absolute Gasteiger partial charge is 0.174 e. The highest BCUT2D eigenvalue weighted by Gasteiger charge is 2.66. The highest BCUT2D eigenvalue weighted by atomic mass is 35.5. The number of nitrogens with one attached hydrogen (secondary N) is 1. The van der Waals surface area contributed by atoms with E-state index in [-0.39, 0.29) is 29.7 Å². The Labute approximate surface area is 142 Å². The molecule has 1 saturated heterocycles. The van der Waals surface area contributed by atoms with E-state index in [1.165, 1.54) is 11.1 Å². The molecule has 1 spiro atoms. The maximum Gasteiger partial charge on any atom is 0.174 e. The third kappa shape index (κ3) is 1.64. The Hall–Kier alpha value is -1.26. The van der Waals surface area contributed by atoms with Crippen molar-refractivity contribution in [3.8, 4) is 11.5 Å². The van der Waals surface area contributed by atoms with Crippen LogP contribution in [0.4, 0.5) is 0 Å². The van der Waals surface area contributed by atoms with Crippen LogP contribution in [0.3, 0.4) is 0 Å². The number of benzene rings is 1. The van der Waals surface area contributed by atoms with Gasteiger partial charge in [0.25, 0.3) is 0 Å². The van der Waals surface area contributed by atoms with Crippen molar-refractivity contribution >= 4 is 18.2 Å². The Kier molecular flexibility index (Phi) is 3.23. The fourth-order valence-corrected chi connectivity index (χ4v) is 5.88. The molecule has 2 aliphatic carbocycles. The van der Waals surface area contributed by atoms with E-state index in [1.807, 2.05) is 6.07 Å². The molecule has 1 N–H and O–H groups in total. The van der Waals surface area contributed by atoms with Crippen LogP contribution in [0.5, 0.6) is 11.5 Å². The molecule has 1 aromatic rings. The summed E-state index contributed by atoms with van der Waals surface area (Å²) in [5, 5.41) is 3.70. The van der Waals surface area contributed by atoms with E-state index in [1.54, 1.807) is 7.11 Å². The van der Waals surface area contributed by atoms with E-state index in [9.17, 15) is 4.79 Å². The van der Waals surface area contributed by atoms with E-state index in [0.29, 0.717) is 24.3 Å². The highest BCUT2D eigenvalue weighted by molar-refractivity contribution is 5.89. The number of hydrogen-bond acceptors (Lipinski definition) is 4. The molecule has 5 atom stereocenters. The predicted molar refractivity (Wildman–Crippen MR) is 88.7 cm³/mol. The SMILES string of the molecule is COc1ccc2c3c1OC1C(=O)CC(C)[C@H]4[C@@H](C2)NCC[C@]314.Cl. The Morgan fingerprint density at radius 3 is 2.96 bits per heavy atom. The number of halogens is 1. The van der Waals surface area contributed by atoms with Gasteiger partial charge in [-0.15, -0.1) is 12.4 Å². The van der Waals surface area contributed by atoms with Crippen LogP contribution >= 0.6 is 12.4 Å². The largest absolute Gasteiger partial charge is 0.493 e. The number of ketones is 1. The first kappa shape index (κ1) is 15.3. The molecule has 5 rings (SSSR count). The van der Waals surface area contributed by atoms with Gasteiger partial charge in [-0.25, -0.2) is 0 Å². The lowest BCUT2D eigenvalue weighted by atomic mass is 9.49. The van der Waals surface area contributed by atoms with Crippen molar-refractivity contribution < 1.29 is 14.3 Å². The van der Waals surface area contributed by atoms with Crippen molar-refractivity contribution in [1.29, 1.82) is 0 Å². The van der Waals surface area contributed by atoms with Crippen molar-refractivity contribution in [1.82, 2.24) is 5.32 Å². The molecule has 2 fully saturated rings. The molecule has 0 radical (unpaired) electrons. The number of carbonyl (C=O) groups excluding carboxylic acids is 1. The average Bonchev–Trinajstić information content (AvgIpc) is 2.83. The zero-order valence-corrected chi connectivity index (χ0v) is 14.2. The number of Topliss-reactive ketones (excluding diaryl/α,β-unsaturated/α-hetero) is 1. The molecule has 5 heteroatoms. The summed E-state index contributed by atoms with van der Waals surface area (Å²) < 4.78 is 11.8. The van der Waals surface area contributed by atoms with E-state index < -0.39 is 0 Å². The van der Waals surface area contributed by atoms with Gasteiger partial charge in [0.05, 0.1) is 7.11 Å². The predicted octanol–water partition coefficient (Wildman–Crippen LogP) is 2.26. The van der Waals surface area contributed by atoms with Gasteiger partial charge in [0, 0.05) is 23.4 Å². The molecule has 1 aromatic carbocycles. The molecule has 2 heterocycles. The van der Waals surface area contributed by atoms with Crippen LogP contribution < -0.4 is 14.8 Å². The number of ether oxygens (including phenoxy) is 2. The summed E-state index contributed by atoms with van der Waals surface area (Å²) in [6, 6.07) is 4.63. The number of piperidine rings is 1. The van der Waals surface area contributed by atoms with Gasteiger partial charge < -0.3 is 14.8 Å². The standard InChI is InChI=1S/C18H21NO3.ClH/c1-9-7-12(20)17-18-5-6-19-11(14(9)18)8-10-3-4-13(21-2)16(22-17)15(10)18;/h3-4,9,11,14,17,19H,5-8H2,1-2H3;1H/t9?,11-,14+,17?,18+;/m1./s1. The van der Waals surface area contributed by atoms with Crippen LogP contribution in [-0.4, -0.2) is 31.6 Å². The van der Waals surface area contributed by atoms with Gasteiger partial charge >= 0.3 is 0 Å². The lowest BCUT2D eigenvalue weighted by molar-refractivity contribution is -0.139. The summed E-state index contributed by atoms with van der Waals surface area (Å²) in [6.45, 7) is 3.21. The number of rotatable bonds is 1. The topological polar surface area (TPSA) is 47.6 Å². The van der Waals surface area contributed by atoms with Crippen LogP contribution in [0.25, 0.3) is 0 Å². The Morgan fingerprint density at radius 2 is 2.17 bits per heavy atom. The molecule has 23 heavy (non-hydrogen) atoms. The van der Waals surface area contributed by atoms with Crippen LogP contribution in [0.15, 0.2) is 12.1 Å². The van der Waals surface area contributed by atoms with Crippen LogP contribution in [-0.2, 0) is 16.6 Å². The summed E-state index contributed by atoms with van der Waals surface area (Å²) in [5.41, 5.74) is 2.51. The third-order valence-electron chi connectivity index (χ3n) is 6.44. The van der Waals surface area contributed by atoms with Gasteiger partial charge in [-0.05, 0) is 42.9 Å². The van der Waals surface area contributed by atoms with Crippen molar-refractivity contribution in [2.45, 2.75) is 43.7 Å². The number of methoxy groups -OCH3 is 1. The zero-order valence-electron chi connectivity index (χ0n) is 13.4. The van der Waals surface area contributed by atoms with Crippen LogP contribution in [0.2, 0.25) is 0 Å². The summed E-state index contributed by atoms with van der Waals surface area (Å²) in [7, 11) is 1.68. The molecule has 2 unspecified atom stereocenters. The Balaban J connectivity index is 0.00000135. The fourth-order valence-electron chi connectivity index (χ4n) is 5.88. The summed E-state index contributed by atoms with van der Waals surface area (Å²) in [5.74, 6) is 2.80. The van der Waals surface area contributed by atoms with E-state index in [0.717, 1.165) is 30.9 Å². The lowest BCUT2D eigenvalue weighted by Crippen LogP contribution is -2.67. The minimum atomic E-state index is -0.302. The molecule has 0 amide bonds. The lowest BCUT2D eigenvalue weighted by Gasteiger charge is -2.56. The third-order valence-corrected chi connectivity index (χ3v) is 6.44. The van der Waals surface area contributed by atoms with Gasteiger partial charge in [0.1, 0.15) is 0 Å². The van der Waals surface area contributed by atoms with E-state index in [4.69, 9.17) is 9.47 Å². The number of carbonyl (C=O) groups is 1. The van der Waals surface area contributed by atoms with E-state index in [2.05, 4.69) is 18.3 Å². The van der Waals surface area contributed by atoms with Gasteiger partial charge in [-0.3, -0.25) is 4.79 Å². The molecular formula is C18H22ClNO3. The highest BCUT2D eigenvalue weighted by Crippen LogP contribution is 2.63. The maximum absolute atomic E-state index is 12.7. The van der Waals surface area contributed by atoms with Crippen molar-refractivity contribution in [3.05, 3.63) is 23.3 Å². The number of hydrogen-bond donors (Lipinski definition) is 1. The summed E-state index contributed by atoms with van der Waals surface area (Å²) in [6.07, 6.45) is 2.36. The first-order chi connectivity index (χ1) is 10.7. The second-order valence-corrected chi connectivity index (χ2v) is 7.36. The Morgan fingerprint density at radius 1 is 1.35 bits per heavy atom. The second-order valence-electron chi connectivity index (χ2n) is 7.36. The quantitative estimate of drug-likeness (QED) is 0.855. The Bertz CT molecular complexity index is 691. The average molecular weight is 336 g/mol. The van der Waals surface area contributed by atoms with Crippen molar-refractivity contribution in [3.63, 3.8) is 0 Å². The maximum atomic E-state index is 12.7. The van der Waals surface area contributed by atoms with E-state index >= 15 is 0 Å². The zero-order chi connectivity index (χ0) is 15.1. The molecule has 2 aliphatic heterocycles. The molecule has 4 aliphatic rings. The molecular weight excluding hydrogens is 314 g/mol. The summed E-state index contributed by atoms with van der Waals surface area (Å²) in [4.78, 5) is 12.7. The first-order valence-electron chi connectivity index (χ1n) is 8.30. The molecule has 124 valence electrons. The molecule has 0 aromatic heterocycles. The van der Waals surface area contributed by atoms with Crippen molar-refractivity contribution in [2.24, 2.45) is 11.8 Å². The van der Waals surface area contributed by atoms with Crippen LogP contribution in [0.1, 0.15) is 30.9 Å². The van der Waals surface area contributed by atoms with Crippen LogP contribution in [0, 0.1) is 11.8 Å². The van der Waals surface area contributed by atoms with Gasteiger partial charge in [-0.1, -0.05) is 13.0 Å². The van der Waals surface area contributed by atoms with Gasteiger partial charge in [-0.2, -0.15) is 0 Å². The molecule has 1 saturated carbocycles. The first-order valence-corrected chi connectivity index (χ1v) is 8.30. The monoisotopic (exact) mass is 335 g/mol. The van der Waals surface area contributed by atoms with Gasteiger partial charge in [0.15, 0.2) is 23.4 Å². The van der Waals surface area contributed by atoms with Crippen molar-refractivity contribution in [2.75, 3.05) is 13.7 Å². The minimum absolute atomic E-state index is 0.